The van der Waals surface area contributed by atoms with E-state index in [2.05, 4.69) is 25.7 Å². The Hall–Kier alpha value is -1.35. The third kappa shape index (κ3) is 2.33. The van der Waals surface area contributed by atoms with E-state index in [-0.39, 0.29) is 5.41 Å². The molecule has 76 valence electrons. The van der Waals surface area contributed by atoms with Gasteiger partial charge in [-0.2, -0.15) is 5.26 Å². The van der Waals surface area contributed by atoms with Crippen LogP contribution in [0.4, 0.5) is 0 Å². The molecule has 0 amide bonds. The smallest absolute Gasteiger partial charge is 0.296 e. The average Bonchev–Trinajstić information content (AvgIpc) is 2.15. The summed E-state index contributed by atoms with van der Waals surface area (Å²) in [5.74, 6) is -0.731. The molecule has 0 fully saturated rings. The van der Waals surface area contributed by atoms with Gasteiger partial charge in [0.05, 0.1) is 5.56 Å². The average molecular weight is 194 g/mol. The first-order valence-electron chi connectivity index (χ1n) is 4.41. The summed E-state index contributed by atoms with van der Waals surface area (Å²) in [5, 5.41) is 8.17. The number of rotatable bonds is 1. The molecule has 0 saturated carbocycles. The van der Waals surface area contributed by atoms with E-state index in [9.17, 15) is 4.79 Å². The first-order chi connectivity index (χ1) is 6.45. The largest absolute Gasteiger partial charge is 0.372 e. The lowest BCUT2D eigenvalue weighted by Gasteiger charge is -2.18. The van der Waals surface area contributed by atoms with E-state index in [0.717, 1.165) is 5.56 Å². The summed E-state index contributed by atoms with van der Waals surface area (Å²) in [4.78, 5) is 14.5. The Labute approximate surface area is 83.3 Å². The quantitative estimate of drug-likeness (QED) is 0.552. The minimum Gasteiger partial charge on any atom is -0.296 e. The van der Waals surface area contributed by atoms with Crippen molar-refractivity contribution in [1.29, 1.82) is 0 Å². The molecule has 0 atom stereocenters. The molecule has 0 saturated heterocycles. The van der Waals surface area contributed by atoms with Gasteiger partial charge in [-0.1, -0.05) is 32.9 Å². The van der Waals surface area contributed by atoms with Gasteiger partial charge in [0.1, 0.15) is 0 Å². The fourth-order valence-corrected chi connectivity index (χ4v) is 1.16. The third-order valence-corrected chi connectivity index (χ3v) is 2.07. The van der Waals surface area contributed by atoms with Crippen molar-refractivity contribution in [3.05, 3.63) is 35.4 Å². The molecule has 1 N–H and O–H groups in total. The Morgan fingerprint density at radius 1 is 1.21 bits per heavy atom. The van der Waals surface area contributed by atoms with Gasteiger partial charge < -0.3 is 0 Å². The van der Waals surface area contributed by atoms with Crippen LogP contribution >= 0.6 is 0 Å². The van der Waals surface area contributed by atoms with E-state index >= 15 is 0 Å². The van der Waals surface area contributed by atoms with Gasteiger partial charge in [-0.15, -0.1) is 0 Å². The number of benzene rings is 1. The van der Waals surface area contributed by atoms with Gasteiger partial charge in [-0.05, 0) is 23.1 Å². The van der Waals surface area contributed by atoms with E-state index in [1.165, 1.54) is 0 Å². The van der Waals surface area contributed by atoms with Crippen molar-refractivity contribution >= 4 is 5.97 Å². The molecular weight excluding hydrogens is 180 g/mol. The maximum Gasteiger partial charge on any atom is 0.372 e. The predicted molar refractivity (Wildman–Crippen MR) is 53.2 cm³/mol. The van der Waals surface area contributed by atoms with Crippen LogP contribution in [0.5, 0.6) is 0 Å². The molecule has 0 unspecified atom stereocenters. The van der Waals surface area contributed by atoms with Gasteiger partial charge >= 0.3 is 5.97 Å². The first-order valence-corrected chi connectivity index (χ1v) is 4.41. The van der Waals surface area contributed by atoms with Crippen LogP contribution in [0.25, 0.3) is 0 Å². The van der Waals surface area contributed by atoms with Gasteiger partial charge in [0.2, 0.25) is 0 Å². The number of carbonyl (C=O) groups is 1. The van der Waals surface area contributed by atoms with Crippen LogP contribution in [0, 0.1) is 0 Å². The normalized spacial score (nSPS) is 11.1. The molecular formula is C11H14O3. The predicted octanol–water partition coefficient (Wildman–Crippen LogP) is 2.61. The molecule has 3 nitrogen and oxygen atoms in total. The SMILES string of the molecule is CC(C)(C)c1ccc(C(=O)OO)cc1. The molecule has 1 aromatic rings. The Morgan fingerprint density at radius 3 is 2.07 bits per heavy atom. The molecule has 0 aliphatic heterocycles. The maximum atomic E-state index is 10.9. The zero-order chi connectivity index (χ0) is 10.8. The van der Waals surface area contributed by atoms with Crippen LogP contribution < -0.4 is 0 Å². The van der Waals surface area contributed by atoms with E-state index < -0.39 is 5.97 Å². The Kier molecular flexibility index (Phi) is 2.91. The Bertz CT molecular complexity index is 319. The highest BCUT2D eigenvalue weighted by molar-refractivity contribution is 5.88. The second kappa shape index (κ2) is 3.80. The van der Waals surface area contributed by atoms with Crippen molar-refractivity contribution in [2.45, 2.75) is 26.2 Å². The lowest BCUT2D eigenvalue weighted by atomic mass is 9.87. The molecule has 0 heterocycles. The molecule has 0 aliphatic rings. The second-order valence-electron chi connectivity index (χ2n) is 4.21. The van der Waals surface area contributed by atoms with Crippen LogP contribution in [-0.2, 0) is 10.3 Å². The highest BCUT2D eigenvalue weighted by atomic mass is 17.1. The molecule has 0 aromatic heterocycles. The van der Waals surface area contributed by atoms with Gasteiger partial charge in [-0.3, -0.25) is 4.89 Å². The number of hydrogen-bond donors (Lipinski definition) is 1. The zero-order valence-electron chi connectivity index (χ0n) is 8.57. The van der Waals surface area contributed by atoms with Crippen LogP contribution in [0.15, 0.2) is 24.3 Å². The topological polar surface area (TPSA) is 46.5 Å². The summed E-state index contributed by atoms with van der Waals surface area (Å²) in [6, 6.07) is 6.98. The van der Waals surface area contributed by atoms with Crippen molar-refractivity contribution < 1.29 is 14.9 Å². The molecule has 0 bridgehead atoms. The second-order valence-corrected chi connectivity index (χ2v) is 4.21. The summed E-state index contributed by atoms with van der Waals surface area (Å²) < 4.78 is 0. The lowest BCUT2D eigenvalue weighted by molar-refractivity contribution is -0.182. The van der Waals surface area contributed by atoms with Gasteiger partial charge in [0, 0.05) is 0 Å². The molecule has 14 heavy (non-hydrogen) atoms. The highest BCUT2D eigenvalue weighted by Crippen LogP contribution is 2.22. The van der Waals surface area contributed by atoms with E-state index in [1.54, 1.807) is 12.1 Å². The molecule has 0 aliphatic carbocycles. The minimum absolute atomic E-state index is 0.0572. The van der Waals surface area contributed by atoms with E-state index in [1.807, 2.05) is 12.1 Å². The van der Waals surface area contributed by atoms with Crippen molar-refractivity contribution in [3.63, 3.8) is 0 Å². The lowest BCUT2D eigenvalue weighted by Crippen LogP contribution is -2.11. The zero-order valence-corrected chi connectivity index (χ0v) is 8.57. The molecule has 1 rings (SSSR count). The molecule has 0 radical (unpaired) electrons. The molecule has 1 aromatic carbocycles. The van der Waals surface area contributed by atoms with E-state index in [4.69, 9.17) is 5.26 Å². The van der Waals surface area contributed by atoms with Crippen molar-refractivity contribution in [1.82, 2.24) is 0 Å². The molecule has 0 spiro atoms. The highest BCUT2D eigenvalue weighted by Gasteiger charge is 2.14. The summed E-state index contributed by atoms with van der Waals surface area (Å²) >= 11 is 0. The summed E-state index contributed by atoms with van der Waals surface area (Å²) in [7, 11) is 0. The summed E-state index contributed by atoms with van der Waals surface area (Å²) in [6.07, 6.45) is 0. The Balaban J connectivity index is 2.95. The van der Waals surface area contributed by atoms with Crippen molar-refractivity contribution in [2.75, 3.05) is 0 Å². The maximum absolute atomic E-state index is 10.9. The summed E-state index contributed by atoms with van der Waals surface area (Å²) in [5.41, 5.74) is 1.54. The van der Waals surface area contributed by atoms with Gasteiger partial charge in [-0.25, -0.2) is 4.79 Å². The van der Waals surface area contributed by atoms with Crippen LogP contribution in [-0.4, -0.2) is 11.2 Å². The van der Waals surface area contributed by atoms with Crippen molar-refractivity contribution in [3.8, 4) is 0 Å². The number of hydrogen-bond acceptors (Lipinski definition) is 3. The fraction of sp³-hybridized carbons (Fsp3) is 0.364. The summed E-state index contributed by atoms with van der Waals surface area (Å²) in [6.45, 7) is 6.27. The van der Waals surface area contributed by atoms with Gasteiger partial charge in [0.25, 0.3) is 0 Å². The van der Waals surface area contributed by atoms with Crippen molar-refractivity contribution in [2.24, 2.45) is 0 Å². The Morgan fingerprint density at radius 2 is 1.71 bits per heavy atom. The standard InChI is InChI=1S/C11H14O3/c1-11(2,3)9-6-4-8(5-7-9)10(12)14-13/h4-7,13H,1-3H3. The van der Waals surface area contributed by atoms with Crippen LogP contribution in [0.3, 0.4) is 0 Å². The van der Waals surface area contributed by atoms with Crippen LogP contribution in [0.1, 0.15) is 36.7 Å². The monoisotopic (exact) mass is 194 g/mol. The van der Waals surface area contributed by atoms with Crippen LogP contribution in [0.2, 0.25) is 0 Å². The number of carbonyl (C=O) groups excluding carboxylic acids is 1. The first kappa shape index (κ1) is 10.7. The van der Waals surface area contributed by atoms with Gasteiger partial charge in [0.15, 0.2) is 0 Å². The van der Waals surface area contributed by atoms with E-state index in [0.29, 0.717) is 5.56 Å². The minimum atomic E-state index is -0.731. The third-order valence-electron chi connectivity index (χ3n) is 2.07. The molecule has 3 heteroatoms. The fourth-order valence-electron chi connectivity index (χ4n) is 1.16.